The maximum atomic E-state index is 10.3. The van der Waals surface area contributed by atoms with Crippen LogP contribution in [0.4, 0.5) is 0 Å². The second-order valence-electron chi connectivity index (χ2n) is 4.63. The summed E-state index contributed by atoms with van der Waals surface area (Å²) in [7, 11) is 0. The van der Waals surface area contributed by atoms with Crippen molar-refractivity contribution in [2.24, 2.45) is 0 Å². The van der Waals surface area contributed by atoms with Gasteiger partial charge in [-0.2, -0.15) is 0 Å². The fourth-order valence-corrected chi connectivity index (χ4v) is 3.22. The number of hydrogen-bond donors (Lipinski definition) is 1. The smallest absolute Gasteiger partial charge is 0.111 e. The fraction of sp³-hybridized carbons (Fsp3) is 0.500. The van der Waals surface area contributed by atoms with Gasteiger partial charge >= 0.3 is 0 Å². The van der Waals surface area contributed by atoms with Crippen molar-refractivity contribution in [2.75, 3.05) is 0 Å². The first kappa shape index (κ1) is 13.3. The zero-order valence-electron chi connectivity index (χ0n) is 11.2. The minimum atomic E-state index is -0.451. The highest BCUT2D eigenvalue weighted by Crippen LogP contribution is 2.28. The van der Waals surface area contributed by atoms with Crippen molar-refractivity contribution >= 4 is 11.3 Å². The van der Waals surface area contributed by atoms with E-state index in [9.17, 15) is 5.11 Å². The molecule has 0 bridgehead atoms. The van der Waals surface area contributed by atoms with Crippen LogP contribution in [-0.2, 0) is 13.0 Å². The molecule has 1 N–H and O–H groups in total. The molecule has 1 unspecified atom stereocenters. The van der Waals surface area contributed by atoms with Gasteiger partial charge in [0.15, 0.2) is 0 Å². The molecule has 0 spiro atoms. The number of aliphatic hydroxyl groups excluding tert-OH is 1. The maximum absolute atomic E-state index is 10.3. The van der Waals surface area contributed by atoms with Gasteiger partial charge in [0.25, 0.3) is 0 Å². The zero-order valence-corrected chi connectivity index (χ0v) is 12.0. The Morgan fingerprint density at radius 3 is 2.83 bits per heavy atom. The van der Waals surface area contributed by atoms with E-state index in [1.165, 1.54) is 9.75 Å². The SMILES string of the molecule is CCCn1ccnc1CC(O)c1cc(C)sc1C. The highest BCUT2D eigenvalue weighted by molar-refractivity contribution is 7.12. The van der Waals surface area contributed by atoms with E-state index in [0.29, 0.717) is 6.42 Å². The summed E-state index contributed by atoms with van der Waals surface area (Å²) in [6.45, 7) is 7.25. The van der Waals surface area contributed by atoms with Crippen molar-refractivity contribution in [1.29, 1.82) is 0 Å². The maximum Gasteiger partial charge on any atom is 0.111 e. The van der Waals surface area contributed by atoms with Gasteiger partial charge in [0.1, 0.15) is 5.82 Å². The van der Waals surface area contributed by atoms with Crippen molar-refractivity contribution < 1.29 is 5.11 Å². The normalized spacial score (nSPS) is 12.9. The van der Waals surface area contributed by atoms with Gasteiger partial charge in [-0.15, -0.1) is 11.3 Å². The van der Waals surface area contributed by atoms with Gasteiger partial charge in [0.05, 0.1) is 6.10 Å². The molecule has 2 aromatic rings. The molecule has 2 rings (SSSR count). The average molecular weight is 264 g/mol. The summed E-state index contributed by atoms with van der Waals surface area (Å²) in [6.07, 6.45) is 5.01. The Morgan fingerprint density at radius 2 is 2.22 bits per heavy atom. The third kappa shape index (κ3) is 2.82. The van der Waals surface area contributed by atoms with E-state index >= 15 is 0 Å². The van der Waals surface area contributed by atoms with Crippen molar-refractivity contribution in [1.82, 2.24) is 9.55 Å². The van der Waals surface area contributed by atoms with Gasteiger partial charge < -0.3 is 9.67 Å². The zero-order chi connectivity index (χ0) is 13.1. The molecule has 2 aromatic heterocycles. The van der Waals surface area contributed by atoms with Crippen LogP contribution in [0.5, 0.6) is 0 Å². The molecule has 0 aromatic carbocycles. The molecule has 2 heterocycles. The summed E-state index contributed by atoms with van der Waals surface area (Å²) in [5.41, 5.74) is 1.04. The second-order valence-corrected chi connectivity index (χ2v) is 6.09. The number of rotatable bonds is 5. The number of hydrogen-bond acceptors (Lipinski definition) is 3. The van der Waals surface area contributed by atoms with Crippen LogP contribution >= 0.6 is 11.3 Å². The Balaban J connectivity index is 2.13. The summed E-state index contributed by atoms with van der Waals surface area (Å²) in [4.78, 5) is 6.79. The van der Waals surface area contributed by atoms with E-state index in [0.717, 1.165) is 24.4 Å². The summed E-state index contributed by atoms with van der Waals surface area (Å²) in [5, 5.41) is 10.3. The minimum Gasteiger partial charge on any atom is -0.388 e. The molecule has 3 nitrogen and oxygen atoms in total. The van der Waals surface area contributed by atoms with Crippen LogP contribution in [0.2, 0.25) is 0 Å². The molecule has 0 radical (unpaired) electrons. The van der Waals surface area contributed by atoms with Crippen molar-refractivity contribution in [3.63, 3.8) is 0 Å². The number of nitrogens with zero attached hydrogens (tertiary/aromatic N) is 2. The van der Waals surface area contributed by atoms with Gasteiger partial charge in [0, 0.05) is 35.1 Å². The molecule has 0 saturated heterocycles. The lowest BCUT2D eigenvalue weighted by Gasteiger charge is -2.12. The Labute approximate surface area is 112 Å². The molecule has 0 aliphatic heterocycles. The lowest BCUT2D eigenvalue weighted by molar-refractivity contribution is 0.174. The number of aliphatic hydroxyl groups is 1. The number of thiophene rings is 1. The Morgan fingerprint density at radius 1 is 1.44 bits per heavy atom. The molecular formula is C14H20N2OS. The van der Waals surface area contributed by atoms with E-state index < -0.39 is 6.10 Å². The van der Waals surface area contributed by atoms with Crippen LogP contribution in [0, 0.1) is 13.8 Å². The van der Waals surface area contributed by atoms with Crippen LogP contribution in [0.15, 0.2) is 18.5 Å². The van der Waals surface area contributed by atoms with Crippen LogP contribution in [-0.4, -0.2) is 14.7 Å². The Bertz CT molecular complexity index is 516. The molecular weight excluding hydrogens is 244 g/mol. The quantitative estimate of drug-likeness (QED) is 0.900. The highest BCUT2D eigenvalue weighted by atomic mass is 32.1. The topological polar surface area (TPSA) is 38.0 Å². The molecule has 1 atom stereocenters. The molecule has 0 aliphatic carbocycles. The van der Waals surface area contributed by atoms with Crippen LogP contribution in [0.25, 0.3) is 0 Å². The molecule has 0 fully saturated rings. The lowest BCUT2D eigenvalue weighted by Crippen LogP contribution is -2.09. The first-order valence-electron chi connectivity index (χ1n) is 6.36. The van der Waals surface area contributed by atoms with Crippen molar-refractivity contribution in [3.8, 4) is 0 Å². The third-order valence-corrected chi connectivity index (χ3v) is 4.06. The Hall–Kier alpha value is -1.13. The van der Waals surface area contributed by atoms with Crippen LogP contribution in [0.3, 0.4) is 0 Å². The van der Waals surface area contributed by atoms with Crippen LogP contribution < -0.4 is 0 Å². The van der Waals surface area contributed by atoms with Gasteiger partial charge in [-0.25, -0.2) is 4.98 Å². The predicted molar refractivity (Wildman–Crippen MR) is 75.0 cm³/mol. The minimum absolute atomic E-state index is 0.451. The Kier molecular flexibility index (Phi) is 4.19. The summed E-state index contributed by atoms with van der Waals surface area (Å²) < 4.78 is 2.12. The summed E-state index contributed by atoms with van der Waals surface area (Å²) in [6, 6.07) is 2.08. The van der Waals surface area contributed by atoms with Gasteiger partial charge in [-0.1, -0.05) is 6.92 Å². The third-order valence-electron chi connectivity index (χ3n) is 3.08. The van der Waals surface area contributed by atoms with E-state index in [1.54, 1.807) is 11.3 Å². The molecule has 18 heavy (non-hydrogen) atoms. The van der Waals surface area contributed by atoms with Crippen molar-refractivity contribution in [2.45, 2.75) is 46.3 Å². The standard InChI is InChI=1S/C14H20N2OS/c1-4-6-16-7-5-15-14(16)9-13(17)12-8-10(2)18-11(12)3/h5,7-8,13,17H,4,6,9H2,1-3H3. The molecule has 0 amide bonds. The van der Waals surface area contributed by atoms with Gasteiger partial charge in [-0.05, 0) is 31.9 Å². The first-order chi connectivity index (χ1) is 8.61. The highest BCUT2D eigenvalue weighted by Gasteiger charge is 2.16. The van der Waals surface area contributed by atoms with E-state index in [-0.39, 0.29) is 0 Å². The van der Waals surface area contributed by atoms with E-state index in [1.807, 2.05) is 12.4 Å². The molecule has 98 valence electrons. The average Bonchev–Trinajstić information content (AvgIpc) is 2.87. The van der Waals surface area contributed by atoms with E-state index in [2.05, 4.69) is 36.4 Å². The first-order valence-corrected chi connectivity index (χ1v) is 7.18. The van der Waals surface area contributed by atoms with Gasteiger partial charge in [-0.3, -0.25) is 0 Å². The lowest BCUT2D eigenvalue weighted by atomic mass is 10.1. The summed E-state index contributed by atoms with van der Waals surface area (Å²) in [5.74, 6) is 0.965. The molecule has 4 heteroatoms. The molecule has 0 saturated carbocycles. The number of aromatic nitrogens is 2. The predicted octanol–water partition coefficient (Wildman–Crippen LogP) is 3.25. The number of aryl methyl sites for hydroxylation is 3. The van der Waals surface area contributed by atoms with Gasteiger partial charge in [0.2, 0.25) is 0 Å². The second kappa shape index (κ2) is 5.67. The van der Waals surface area contributed by atoms with Crippen LogP contribution in [0.1, 0.15) is 40.6 Å². The van der Waals surface area contributed by atoms with Crippen molar-refractivity contribution in [3.05, 3.63) is 39.6 Å². The van der Waals surface area contributed by atoms with E-state index in [4.69, 9.17) is 0 Å². The largest absolute Gasteiger partial charge is 0.388 e. The fourth-order valence-electron chi connectivity index (χ4n) is 2.24. The number of imidazole rings is 1. The summed E-state index contributed by atoms with van der Waals surface area (Å²) >= 11 is 1.74. The molecule has 0 aliphatic rings. The monoisotopic (exact) mass is 264 g/mol.